The summed E-state index contributed by atoms with van der Waals surface area (Å²) >= 11 is 0. The molecule has 0 radical (unpaired) electrons. The molecule has 1 heterocycles. The third-order valence-corrected chi connectivity index (χ3v) is 3.47. The van der Waals surface area contributed by atoms with Gasteiger partial charge in [0.05, 0.1) is 0 Å². The van der Waals surface area contributed by atoms with Gasteiger partial charge in [-0.05, 0) is 17.9 Å². The number of hydrogen-bond acceptors (Lipinski definition) is 5. The van der Waals surface area contributed by atoms with Crippen LogP contribution in [-0.4, -0.2) is 29.8 Å². The molecule has 0 saturated heterocycles. The Kier molecular flexibility index (Phi) is 6.14. The maximum Gasteiger partial charge on any atom is 0.228 e. The van der Waals surface area contributed by atoms with Crippen molar-refractivity contribution in [1.29, 1.82) is 0 Å². The molecule has 0 aliphatic carbocycles. The van der Waals surface area contributed by atoms with Crippen molar-refractivity contribution in [3.05, 3.63) is 11.7 Å². The van der Waals surface area contributed by atoms with Crippen LogP contribution in [0, 0.1) is 11.3 Å². The van der Waals surface area contributed by atoms with Crippen LogP contribution in [0.2, 0.25) is 0 Å². The average Bonchev–Trinajstić information content (AvgIpc) is 2.76. The monoisotopic (exact) mass is 283 g/mol. The van der Waals surface area contributed by atoms with E-state index in [1.165, 1.54) is 0 Å². The molecule has 0 aliphatic heterocycles. The topological polar surface area (TPSA) is 60.2 Å². The number of methoxy groups -OCH3 is 1. The highest BCUT2D eigenvalue weighted by Crippen LogP contribution is 2.25. The lowest BCUT2D eigenvalue weighted by Crippen LogP contribution is -2.41. The summed E-state index contributed by atoms with van der Waals surface area (Å²) in [6, 6.07) is 0.306. The smallest absolute Gasteiger partial charge is 0.228 e. The number of likely N-dealkylation sites (N-methyl/N-ethyl adjacent to an activating group) is 1. The minimum atomic E-state index is -0.111. The van der Waals surface area contributed by atoms with Crippen molar-refractivity contribution in [2.45, 2.75) is 60.1 Å². The Balaban J connectivity index is 2.80. The zero-order valence-corrected chi connectivity index (χ0v) is 13.9. The standard InChI is InChI=1S/C15H29N3O2/c1-8-16-11(15(4,5)6)9-12-17-14(18-20-12)13(19-7)10(2)3/h10-11,13,16H,8-9H2,1-7H3. The fourth-order valence-corrected chi connectivity index (χ4v) is 2.25. The van der Waals surface area contributed by atoms with Gasteiger partial charge in [-0.2, -0.15) is 4.98 Å². The molecule has 20 heavy (non-hydrogen) atoms. The van der Waals surface area contributed by atoms with Crippen LogP contribution in [0.15, 0.2) is 4.52 Å². The van der Waals surface area contributed by atoms with Gasteiger partial charge in [0.1, 0.15) is 6.10 Å². The highest BCUT2D eigenvalue weighted by Gasteiger charge is 2.27. The number of ether oxygens (including phenoxy) is 1. The van der Waals surface area contributed by atoms with Crippen LogP contribution in [0.5, 0.6) is 0 Å². The largest absolute Gasteiger partial charge is 0.373 e. The van der Waals surface area contributed by atoms with E-state index in [1.807, 2.05) is 0 Å². The van der Waals surface area contributed by atoms with E-state index in [2.05, 4.69) is 57.0 Å². The van der Waals surface area contributed by atoms with Crippen molar-refractivity contribution < 1.29 is 9.26 Å². The Morgan fingerprint density at radius 1 is 1.30 bits per heavy atom. The van der Waals surface area contributed by atoms with Crippen LogP contribution < -0.4 is 5.32 Å². The molecule has 5 heteroatoms. The SMILES string of the molecule is CCNC(Cc1nc(C(OC)C(C)C)no1)C(C)(C)C. The lowest BCUT2D eigenvalue weighted by Gasteiger charge is -2.30. The fourth-order valence-electron chi connectivity index (χ4n) is 2.25. The minimum Gasteiger partial charge on any atom is -0.373 e. The van der Waals surface area contributed by atoms with Gasteiger partial charge in [0, 0.05) is 19.6 Å². The van der Waals surface area contributed by atoms with Gasteiger partial charge in [0.25, 0.3) is 0 Å². The Bertz CT molecular complexity index is 396. The molecule has 1 aromatic heterocycles. The van der Waals surface area contributed by atoms with Gasteiger partial charge in [-0.1, -0.05) is 46.7 Å². The molecule has 0 aromatic carbocycles. The average molecular weight is 283 g/mol. The predicted molar refractivity (Wildman–Crippen MR) is 79.5 cm³/mol. The molecule has 5 nitrogen and oxygen atoms in total. The first kappa shape index (κ1) is 17.1. The van der Waals surface area contributed by atoms with Gasteiger partial charge in [-0.3, -0.25) is 0 Å². The molecule has 0 bridgehead atoms. The Morgan fingerprint density at radius 3 is 2.40 bits per heavy atom. The van der Waals surface area contributed by atoms with Gasteiger partial charge >= 0.3 is 0 Å². The minimum absolute atomic E-state index is 0.111. The van der Waals surface area contributed by atoms with Crippen LogP contribution in [0.1, 0.15) is 59.4 Å². The van der Waals surface area contributed by atoms with Crippen LogP contribution in [0.25, 0.3) is 0 Å². The highest BCUT2D eigenvalue weighted by molar-refractivity contribution is 4.96. The Hall–Kier alpha value is -0.940. The van der Waals surface area contributed by atoms with Crippen molar-refractivity contribution in [2.75, 3.05) is 13.7 Å². The zero-order chi connectivity index (χ0) is 15.3. The van der Waals surface area contributed by atoms with E-state index in [1.54, 1.807) is 7.11 Å². The van der Waals surface area contributed by atoms with Gasteiger partial charge in [-0.15, -0.1) is 0 Å². The molecular weight excluding hydrogens is 254 g/mol. The summed E-state index contributed by atoms with van der Waals surface area (Å²) in [5.74, 6) is 1.63. The normalized spacial score (nSPS) is 15.6. The third kappa shape index (κ3) is 4.56. The Morgan fingerprint density at radius 2 is 1.95 bits per heavy atom. The number of nitrogens with one attached hydrogen (secondary N) is 1. The summed E-state index contributed by atoms with van der Waals surface area (Å²) in [5.41, 5.74) is 0.142. The maximum atomic E-state index is 5.43. The second-order valence-corrected chi connectivity index (χ2v) is 6.63. The molecule has 0 fully saturated rings. The maximum absolute atomic E-state index is 5.43. The van der Waals surface area contributed by atoms with Crippen molar-refractivity contribution in [2.24, 2.45) is 11.3 Å². The van der Waals surface area contributed by atoms with Crippen molar-refractivity contribution in [1.82, 2.24) is 15.5 Å². The van der Waals surface area contributed by atoms with Crippen LogP contribution >= 0.6 is 0 Å². The number of nitrogens with zero attached hydrogens (tertiary/aromatic N) is 2. The van der Waals surface area contributed by atoms with Gasteiger partial charge in [-0.25, -0.2) is 0 Å². The molecule has 2 unspecified atom stereocenters. The first-order valence-corrected chi connectivity index (χ1v) is 7.38. The summed E-state index contributed by atoms with van der Waals surface area (Å²) in [6.07, 6.45) is 0.624. The van der Waals surface area contributed by atoms with Crippen LogP contribution in [0.3, 0.4) is 0 Å². The molecule has 1 rings (SSSR count). The first-order valence-electron chi connectivity index (χ1n) is 7.38. The van der Waals surface area contributed by atoms with Crippen LogP contribution in [0.4, 0.5) is 0 Å². The zero-order valence-electron chi connectivity index (χ0n) is 13.9. The van der Waals surface area contributed by atoms with E-state index in [4.69, 9.17) is 9.26 Å². The first-order chi connectivity index (χ1) is 9.29. The van der Waals surface area contributed by atoms with E-state index in [0.29, 0.717) is 23.7 Å². The summed E-state index contributed by atoms with van der Waals surface area (Å²) in [4.78, 5) is 4.50. The molecule has 1 aromatic rings. The summed E-state index contributed by atoms with van der Waals surface area (Å²) < 4.78 is 10.8. The third-order valence-electron chi connectivity index (χ3n) is 3.47. The quantitative estimate of drug-likeness (QED) is 0.833. The fraction of sp³-hybridized carbons (Fsp3) is 0.867. The van der Waals surface area contributed by atoms with Crippen molar-refractivity contribution in [3.8, 4) is 0 Å². The van der Waals surface area contributed by atoms with E-state index < -0.39 is 0 Å². The molecular formula is C15H29N3O2. The summed E-state index contributed by atoms with van der Waals surface area (Å²) in [6.45, 7) is 13.8. The van der Waals surface area contributed by atoms with Crippen LogP contribution in [-0.2, 0) is 11.2 Å². The van der Waals surface area contributed by atoms with E-state index in [0.717, 1.165) is 13.0 Å². The predicted octanol–water partition coefficient (Wildman–Crippen LogP) is 2.98. The summed E-state index contributed by atoms with van der Waals surface area (Å²) in [7, 11) is 1.68. The molecule has 2 atom stereocenters. The van der Waals surface area contributed by atoms with E-state index in [-0.39, 0.29) is 11.5 Å². The molecule has 0 spiro atoms. The van der Waals surface area contributed by atoms with Gasteiger partial charge < -0.3 is 14.6 Å². The van der Waals surface area contributed by atoms with Crippen molar-refractivity contribution >= 4 is 0 Å². The van der Waals surface area contributed by atoms with Crippen molar-refractivity contribution in [3.63, 3.8) is 0 Å². The number of rotatable bonds is 7. The van der Waals surface area contributed by atoms with Gasteiger partial charge in [0.2, 0.25) is 11.7 Å². The Labute approximate surface area is 122 Å². The number of hydrogen-bond donors (Lipinski definition) is 1. The van der Waals surface area contributed by atoms with E-state index in [9.17, 15) is 0 Å². The molecule has 1 N–H and O–H groups in total. The second kappa shape index (κ2) is 7.18. The highest BCUT2D eigenvalue weighted by atomic mass is 16.5. The number of aromatic nitrogens is 2. The molecule has 116 valence electrons. The lowest BCUT2D eigenvalue weighted by atomic mass is 9.84. The summed E-state index contributed by atoms with van der Waals surface area (Å²) in [5, 5.41) is 7.55. The second-order valence-electron chi connectivity index (χ2n) is 6.63. The molecule has 0 aliphatic rings. The lowest BCUT2D eigenvalue weighted by molar-refractivity contribution is 0.0555. The van der Waals surface area contributed by atoms with Gasteiger partial charge in [0.15, 0.2) is 0 Å². The van der Waals surface area contributed by atoms with E-state index >= 15 is 0 Å². The molecule has 0 saturated carbocycles. The molecule has 0 amide bonds.